The number of ether oxygens (including phenoxy) is 2. The first kappa shape index (κ1) is 15.5. The summed E-state index contributed by atoms with van der Waals surface area (Å²) in [5.41, 5.74) is 2.99. The summed E-state index contributed by atoms with van der Waals surface area (Å²) in [6.07, 6.45) is 0. The maximum absolute atomic E-state index is 13.0. The number of hydrogen-bond acceptors (Lipinski definition) is 2. The van der Waals surface area contributed by atoms with Gasteiger partial charge in [0, 0.05) is 12.7 Å². The molecule has 0 atom stereocenters. The minimum Gasteiger partial charge on any atom is -0.493 e. The standard InChI is InChI=1S/C18H21FO2/c1-13(2)11-21-18-10-15(4-5-16(18)12-20-3)14-6-8-17(19)9-7-14/h4-10,13H,11-12H2,1-3H3. The van der Waals surface area contributed by atoms with E-state index in [1.807, 2.05) is 18.2 Å². The van der Waals surface area contributed by atoms with Crippen LogP contribution in [-0.2, 0) is 11.3 Å². The first-order chi connectivity index (χ1) is 10.1. The van der Waals surface area contributed by atoms with E-state index < -0.39 is 0 Å². The maximum Gasteiger partial charge on any atom is 0.125 e. The van der Waals surface area contributed by atoms with Crippen LogP contribution in [0.5, 0.6) is 5.75 Å². The molecule has 21 heavy (non-hydrogen) atoms. The molecule has 0 aliphatic carbocycles. The van der Waals surface area contributed by atoms with E-state index in [9.17, 15) is 4.39 Å². The van der Waals surface area contributed by atoms with Gasteiger partial charge in [0.25, 0.3) is 0 Å². The van der Waals surface area contributed by atoms with Crippen LogP contribution in [0.25, 0.3) is 11.1 Å². The van der Waals surface area contributed by atoms with Crippen molar-refractivity contribution in [1.82, 2.24) is 0 Å². The van der Waals surface area contributed by atoms with E-state index in [4.69, 9.17) is 9.47 Å². The van der Waals surface area contributed by atoms with Crippen molar-refractivity contribution >= 4 is 0 Å². The number of rotatable bonds is 6. The summed E-state index contributed by atoms with van der Waals surface area (Å²) in [7, 11) is 1.67. The van der Waals surface area contributed by atoms with Gasteiger partial charge in [0.15, 0.2) is 0 Å². The second-order valence-electron chi connectivity index (χ2n) is 5.47. The lowest BCUT2D eigenvalue weighted by Crippen LogP contribution is -2.06. The summed E-state index contributed by atoms with van der Waals surface area (Å²) in [5.74, 6) is 1.05. The van der Waals surface area contributed by atoms with Crippen molar-refractivity contribution in [3.8, 4) is 16.9 Å². The third-order valence-electron chi connectivity index (χ3n) is 3.12. The highest BCUT2D eigenvalue weighted by Crippen LogP contribution is 2.28. The zero-order valence-corrected chi connectivity index (χ0v) is 12.7. The number of hydrogen-bond donors (Lipinski definition) is 0. The van der Waals surface area contributed by atoms with Crippen molar-refractivity contribution in [3.63, 3.8) is 0 Å². The van der Waals surface area contributed by atoms with Crippen molar-refractivity contribution in [2.75, 3.05) is 13.7 Å². The molecule has 0 bridgehead atoms. The van der Waals surface area contributed by atoms with E-state index in [1.54, 1.807) is 19.2 Å². The minimum atomic E-state index is -0.231. The third-order valence-corrected chi connectivity index (χ3v) is 3.12. The molecule has 0 aromatic heterocycles. The van der Waals surface area contributed by atoms with Gasteiger partial charge in [-0.05, 0) is 35.2 Å². The van der Waals surface area contributed by atoms with Crippen molar-refractivity contribution < 1.29 is 13.9 Å². The molecule has 0 aliphatic rings. The van der Waals surface area contributed by atoms with Crippen LogP contribution in [0, 0.1) is 11.7 Å². The highest BCUT2D eigenvalue weighted by molar-refractivity contribution is 5.66. The Hall–Kier alpha value is -1.87. The molecular formula is C18H21FO2. The molecule has 0 radical (unpaired) electrons. The molecular weight excluding hydrogens is 267 g/mol. The first-order valence-electron chi connectivity index (χ1n) is 7.10. The lowest BCUT2D eigenvalue weighted by molar-refractivity contribution is 0.178. The lowest BCUT2D eigenvalue weighted by atomic mass is 10.0. The quantitative estimate of drug-likeness (QED) is 0.768. The van der Waals surface area contributed by atoms with Crippen LogP contribution in [0.4, 0.5) is 4.39 Å². The van der Waals surface area contributed by atoms with Gasteiger partial charge >= 0.3 is 0 Å². The molecule has 0 saturated carbocycles. The Morgan fingerprint density at radius 2 is 1.67 bits per heavy atom. The maximum atomic E-state index is 13.0. The van der Waals surface area contributed by atoms with Gasteiger partial charge in [-0.25, -0.2) is 4.39 Å². The van der Waals surface area contributed by atoms with E-state index in [2.05, 4.69) is 13.8 Å². The van der Waals surface area contributed by atoms with E-state index >= 15 is 0 Å². The minimum absolute atomic E-state index is 0.231. The predicted molar refractivity (Wildman–Crippen MR) is 82.9 cm³/mol. The fraction of sp³-hybridized carbons (Fsp3) is 0.333. The van der Waals surface area contributed by atoms with Crippen LogP contribution in [0.3, 0.4) is 0 Å². The first-order valence-corrected chi connectivity index (χ1v) is 7.10. The summed E-state index contributed by atoms with van der Waals surface area (Å²) in [6, 6.07) is 12.5. The molecule has 2 aromatic carbocycles. The van der Waals surface area contributed by atoms with Crippen molar-refractivity contribution in [2.45, 2.75) is 20.5 Å². The average Bonchev–Trinajstić information content (AvgIpc) is 2.47. The topological polar surface area (TPSA) is 18.5 Å². The van der Waals surface area contributed by atoms with Gasteiger partial charge in [-0.1, -0.05) is 38.1 Å². The van der Waals surface area contributed by atoms with Crippen molar-refractivity contribution in [3.05, 3.63) is 53.8 Å². The zero-order chi connectivity index (χ0) is 15.2. The molecule has 3 heteroatoms. The van der Waals surface area contributed by atoms with Crippen LogP contribution >= 0.6 is 0 Å². The van der Waals surface area contributed by atoms with Gasteiger partial charge in [0.1, 0.15) is 11.6 Å². The van der Waals surface area contributed by atoms with Crippen LogP contribution in [0.15, 0.2) is 42.5 Å². The molecule has 0 spiro atoms. The van der Waals surface area contributed by atoms with E-state index in [0.717, 1.165) is 22.4 Å². The van der Waals surface area contributed by atoms with Crippen LogP contribution < -0.4 is 4.74 Å². The molecule has 0 aliphatic heterocycles. The molecule has 0 heterocycles. The lowest BCUT2D eigenvalue weighted by Gasteiger charge is -2.14. The molecule has 2 aromatic rings. The van der Waals surface area contributed by atoms with Gasteiger partial charge in [0.05, 0.1) is 13.2 Å². The van der Waals surface area contributed by atoms with Crippen LogP contribution in [-0.4, -0.2) is 13.7 Å². The van der Waals surface area contributed by atoms with Gasteiger partial charge < -0.3 is 9.47 Å². The van der Waals surface area contributed by atoms with Gasteiger partial charge in [-0.3, -0.25) is 0 Å². The summed E-state index contributed by atoms with van der Waals surface area (Å²) in [5, 5.41) is 0. The smallest absolute Gasteiger partial charge is 0.125 e. The molecule has 0 N–H and O–H groups in total. The summed E-state index contributed by atoms with van der Waals surface area (Å²) in [4.78, 5) is 0. The fourth-order valence-corrected chi connectivity index (χ4v) is 2.04. The highest BCUT2D eigenvalue weighted by Gasteiger charge is 2.08. The van der Waals surface area contributed by atoms with E-state index in [-0.39, 0.29) is 5.82 Å². The summed E-state index contributed by atoms with van der Waals surface area (Å²) in [6.45, 7) is 5.39. The number of benzene rings is 2. The van der Waals surface area contributed by atoms with Gasteiger partial charge in [0.2, 0.25) is 0 Å². The zero-order valence-electron chi connectivity index (χ0n) is 12.7. The molecule has 0 saturated heterocycles. The molecule has 0 fully saturated rings. The Morgan fingerprint density at radius 1 is 1.00 bits per heavy atom. The van der Waals surface area contributed by atoms with E-state index in [0.29, 0.717) is 19.1 Å². The SMILES string of the molecule is COCc1ccc(-c2ccc(F)cc2)cc1OCC(C)C. The normalized spacial score (nSPS) is 10.9. The Morgan fingerprint density at radius 3 is 2.29 bits per heavy atom. The Labute approximate surface area is 125 Å². The van der Waals surface area contributed by atoms with Crippen molar-refractivity contribution in [1.29, 1.82) is 0 Å². The van der Waals surface area contributed by atoms with Crippen LogP contribution in [0.2, 0.25) is 0 Å². The fourth-order valence-electron chi connectivity index (χ4n) is 2.04. The second kappa shape index (κ2) is 7.23. The third kappa shape index (κ3) is 4.30. The number of methoxy groups -OCH3 is 1. The molecule has 112 valence electrons. The molecule has 0 amide bonds. The Balaban J connectivity index is 2.30. The Kier molecular flexibility index (Phi) is 5.34. The van der Waals surface area contributed by atoms with Gasteiger partial charge in [-0.15, -0.1) is 0 Å². The molecule has 2 rings (SSSR count). The molecule has 0 unspecified atom stereocenters. The molecule has 2 nitrogen and oxygen atoms in total. The Bertz CT molecular complexity index is 576. The van der Waals surface area contributed by atoms with E-state index in [1.165, 1.54) is 12.1 Å². The number of halogens is 1. The summed E-state index contributed by atoms with van der Waals surface area (Å²) < 4.78 is 24.1. The largest absolute Gasteiger partial charge is 0.493 e. The predicted octanol–water partition coefficient (Wildman–Crippen LogP) is 4.67. The van der Waals surface area contributed by atoms with Crippen LogP contribution in [0.1, 0.15) is 19.4 Å². The summed E-state index contributed by atoms with van der Waals surface area (Å²) >= 11 is 0. The monoisotopic (exact) mass is 288 g/mol. The van der Waals surface area contributed by atoms with Crippen molar-refractivity contribution in [2.24, 2.45) is 5.92 Å². The second-order valence-corrected chi connectivity index (χ2v) is 5.47. The van der Waals surface area contributed by atoms with Gasteiger partial charge in [-0.2, -0.15) is 0 Å². The average molecular weight is 288 g/mol. The highest BCUT2D eigenvalue weighted by atomic mass is 19.1.